The van der Waals surface area contributed by atoms with E-state index in [0.717, 1.165) is 63.7 Å². The van der Waals surface area contributed by atoms with Gasteiger partial charge in [-0.25, -0.2) is 0 Å². The molecular weight excluding hydrogens is 486 g/mol. The van der Waals surface area contributed by atoms with Gasteiger partial charge in [0, 0.05) is 75.2 Å². The first kappa shape index (κ1) is 29.7. The van der Waals surface area contributed by atoms with Gasteiger partial charge in [0.05, 0.1) is 0 Å². The Morgan fingerprint density at radius 3 is 2.47 bits per heavy atom. The summed E-state index contributed by atoms with van der Waals surface area (Å²) in [4.78, 5) is 9.68. The van der Waals surface area contributed by atoms with E-state index in [1.165, 1.54) is 16.8 Å². The molecule has 0 spiro atoms. The van der Waals surface area contributed by atoms with E-state index in [1.807, 2.05) is 18.3 Å². The summed E-state index contributed by atoms with van der Waals surface area (Å²) in [6.07, 6.45) is 4.06. The van der Waals surface area contributed by atoms with Crippen LogP contribution < -0.4 is 5.32 Å². The SMILES string of the molecule is Cl.Cl.Cl.Cl.Clc1ccc(C[C@@H]2CN(CCN3CCc4ncccc4C3)CCN2)cc1. The molecule has 1 saturated heterocycles. The van der Waals surface area contributed by atoms with Crippen LogP contribution in [0.3, 0.4) is 0 Å². The van der Waals surface area contributed by atoms with Crippen LogP contribution in [-0.4, -0.2) is 60.1 Å². The number of piperazine rings is 1. The fraction of sp³-hybridized carbons (Fsp3) is 0.476. The first-order chi connectivity index (χ1) is 12.8. The van der Waals surface area contributed by atoms with E-state index in [0.29, 0.717) is 6.04 Å². The van der Waals surface area contributed by atoms with E-state index in [2.05, 4.69) is 44.4 Å². The topological polar surface area (TPSA) is 31.4 Å². The summed E-state index contributed by atoms with van der Waals surface area (Å²) in [7, 11) is 0. The second-order valence-electron chi connectivity index (χ2n) is 7.42. The van der Waals surface area contributed by atoms with E-state index in [9.17, 15) is 0 Å². The zero-order valence-electron chi connectivity index (χ0n) is 16.8. The number of rotatable bonds is 5. The maximum atomic E-state index is 5.99. The van der Waals surface area contributed by atoms with Crippen LogP contribution in [0, 0.1) is 0 Å². The van der Waals surface area contributed by atoms with E-state index in [1.54, 1.807) is 0 Å². The zero-order chi connectivity index (χ0) is 17.8. The molecule has 0 amide bonds. The summed E-state index contributed by atoms with van der Waals surface area (Å²) in [6, 6.07) is 13.1. The number of pyridine rings is 1. The van der Waals surface area contributed by atoms with Crippen molar-refractivity contribution in [1.82, 2.24) is 20.1 Å². The Morgan fingerprint density at radius 1 is 0.967 bits per heavy atom. The van der Waals surface area contributed by atoms with Gasteiger partial charge in [-0.05, 0) is 35.7 Å². The molecule has 2 aromatic rings. The fourth-order valence-electron chi connectivity index (χ4n) is 4.04. The number of benzene rings is 1. The molecule has 30 heavy (non-hydrogen) atoms. The molecule has 0 unspecified atom stereocenters. The van der Waals surface area contributed by atoms with Crippen molar-refractivity contribution in [2.24, 2.45) is 0 Å². The van der Waals surface area contributed by atoms with Crippen molar-refractivity contribution in [2.45, 2.75) is 25.4 Å². The first-order valence-electron chi connectivity index (χ1n) is 9.61. The highest BCUT2D eigenvalue weighted by Crippen LogP contribution is 2.16. The van der Waals surface area contributed by atoms with Gasteiger partial charge in [0.2, 0.25) is 0 Å². The predicted molar refractivity (Wildman–Crippen MR) is 136 cm³/mol. The van der Waals surface area contributed by atoms with Crippen LogP contribution in [-0.2, 0) is 19.4 Å². The minimum atomic E-state index is 0. The minimum absolute atomic E-state index is 0. The molecule has 4 nitrogen and oxygen atoms in total. The molecule has 3 heterocycles. The van der Waals surface area contributed by atoms with Gasteiger partial charge >= 0.3 is 0 Å². The molecule has 1 aromatic carbocycles. The summed E-state index contributed by atoms with van der Waals surface area (Å²) < 4.78 is 0. The molecule has 170 valence electrons. The van der Waals surface area contributed by atoms with Crippen molar-refractivity contribution >= 4 is 61.2 Å². The van der Waals surface area contributed by atoms with Crippen LogP contribution in [0.25, 0.3) is 0 Å². The summed E-state index contributed by atoms with van der Waals surface area (Å²) in [6.45, 7) is 7.80. The molecule has 1 N–H and O–H groups in total. The average molecular weight is 517 g/mol. The van der Waals surface area contributed by atoms with Gasteiger partial charge in [-0.3, -0.25) is 14.8 Å². The summed E-state index contributed by atoms with van der Waals surface area (Å²) >= 11 is 5.99. The second-order valence-corrected chi connectivity index (χ2v) is 7.85. The van der Waals surface area contributed by atoms with Crippen molar-refractivity contribution in [3.05, 3.63) is 64.4 Å². The molecule has 0 saturated carbocycles. The molecule has 2 aliphatic heterocycles. The van der Waals surface area contributed by atoms with Crippen LogP contribution in [0.1, 0.15) is 16.8 Å². The number of aromatic nitrogens is 1. The number of hydrogen-bond donors (Lipinski definition) is 1. The van der Waals surface area contributed by atoms with Crippen LogP contribution in [0.15, 0.2) is 42.6 Å². The van der Waals surface area contributed by atoms with E-state index in [4.69, 9.17) is 11.6 Å². The first-order valence-corrected chi connectivity index (χ1v) is 9.99. The van der Waals surface area contributed by atoms with Gasteiger partial charge in [0.1, 0.15) is 0 Å². The van der Waals surface area contributed by atoms with Crippen LogP contribution in [0.4, 0.5) is 0 Å². The van der Waals surface area contributed by atoms with Gasteiger partial charge in [-0.2, -0.15) is 0 Å². The Kier molecular flexibility index (Phi) is 14.6. The third-order valence-electron chi connectivity index (χ3n) is 5.51. The largest absolute Gasteiger partial charge is 0.311 e. The summed E-state index contributed by atoms with van der Waals surface area (Å²) in [5, 5.41) is 4.48. The Labute approximate surface area is 209 Å². The van der Waals surface area contributed by atoms with Crippen molar-refractivity contribution in [2.75, 3.05) is 39.3 Å². The molecule has 0 radical (unpaired) electrons. The van der Waals surface area contributed by atoms with Crippen molar-refractivity contribution in [3.63, 3.8) is 0 Å². The monoisotopic (exact) mass is 514 g/mol. The lowest BCUT2D eigenvalue weighted by Gasteiger charge is -2.36. The number of halogens is 5. The predicted octanol–water partition coefficient (Wildman–Crippen LogP) is 4.30. The quantitative estimate of drug-likeness (QED) is 0.642. The van der Waals surface area contributed by atoms with Crippen LogP contribution in [0.2, 0.25) is 5.02 Å². The normalized spacial score (nSPS) is 18.6. The molecule has 1 atom stereocenters. The minimum Gasteiger partial charge on any atom is -0.311 e. The summed E-state index contributed by atoms with van der Waals surface area (Å²) in [5.41, 5.74) is 4.04. The maximum Gasteiger partial charge on any atom is 0.0461 e. The van der Waals surface area contributed by atoms with Crippen molar-refractivity contribution in [3.8, 4) is 0 Å². The van der Waals surface area contributed by atoms with Gasteiger partial charge < -0.3 is 5.32 Å². The van der Waals surface area contributed by atoms with Gasteiger partial charge in [-0.1, -0.05) is 29.8 Å². The summed E-state index contributed by atoms with van der Waals surface area (Å²) in [5.74, 6) is 0. The zero-order valence-corrected chi connectivity index (χ0v) is 20.9. The maximum absolute atomic E-state index is 5.99. The third-order valence-corrected chi connectivity index (χ3v) is 5.76. The Bertz CT molecular complexity index is 732. The number of nitrogens with zero attached hydrogens (tertiary/aromatic N) is 3. The highest BCUT2D eigenvalue weighted by molar-refractivity contribution is 6.30. The van der Waals surface area contributed by atoms with E-state index in [-0.39, 0.29) is 49.6 Å². The lowest BCUT2D eigenvalue weighted by Crippen LogP contribution is -2.53. The molecular formula is C21H31Cl5N4. The highest BCUT2D eigenvalue weighted by Gasteiger charge is 2.21. The molecule has 0 bridgehead atoms. The molecule has 1 fully saturated rings. The van der Waals surface area contributed by atoms with Crippen molar-refractivity contribution in [1.29, 1.82) is 0 Å². The Balaban J connectivity index is 0.00000210. The number of hydrogen-bond acceptors (Lipinski definition) is 4. The van der Waals surface area contributed by atoms with Crippen molar-refractivity contribution < 1.29 is 0 Å². The second kappa shape index (κ2) is 14.7. The van der Waals surface area contributed by atoms with E-state index < -0.39 is 0 Å². The number of fused-ring (bicyclic) bond motifs is 1. The molecule has 0 aliphatic carbocycles. The van der Waals surface area contributed by atoms with Crippen LogP contribution in [0.5, 0.6) is 0 Å². The lowest BCUT2D eigenvalue weighted by atomic mass is 10.0. The Morgan fingerprint density at radius 2 is 1.70 bits per heavy atom. The van der Waals surface area contributed by atoms with Gasteiger partial charge in [0.15, 0.2) is 0 Å². The van der Waals surface area contributed by atoms with Gasteiger partial charge in [0.25, 0.3) is 0 Å². The third kappa shape index (κ3) is 8.33. The molecule has 2 aliphatic rings. The standard InChI is InChI=1S/C21H27ClN4.4ClH/c22-19-5-3-17(4-6-19)14-20-16-26(11-9-23-20)13-12-25-10-7-21-18(15-25)2-1-8-24-21;;;;/h1-6,8,20,23H,7,9-16H2;4*1H/t20-;;;;/m1..../s1. The van der Waals surface area contributed by atoms with Crippen LogP contribution >= 0.6 is 61.2 Å². The highest BCUT2D eigenvalue weighted by atomic mass is 35.5. The van der Waals surface area contributed by atoms with E-state index >= 15 is 0 Å². The number of nitrogens with one attached hydrogen (secondary N) is 1. The molecule has 1 aromatic heterocycles. The fourth-order valence-corrected chi connectivity index (χ4v) is 4.16. The molecule has 9 heteroatoms. The molecule has 4 rings (SSSR count). The Hall–Kier alpha value is -0.300. The van der Waals surface area contributed by atoms with Gasteiger partial charge in [-0.15, -0.1) is 49.6 Å². The lowest BCUT2D eigenvalue weighted by molar-refractivity contribution is 0.158. The average Bonchev–Trinajstić information content (AvgIpc) is 2.68. The smallest absolute Gasteiger partial charge is 0.0461 e.